The first-order chi connectivity index (χ1) is 12.2. The lowest BCUT2D eigenvalue weighted by Gasteiger charge is -2.30. The second-order valence-electron chi connectivity index (χ2n) is 6.30. The number of fused-ring (bicyclic) bond motifs is 1. The first kappa shape index (κ1) is 16.6. The van der Waals surface area contributed by atoms with Gasteiger partial charge < -0.3 is 14.7 Å². The SMILES string of the molecule is CN1CCNCC1c1noc(CCN2C(=O)CSc3ccccc32)n1. The quantitative estimate of drug-likeness (QED) is 0.883. The summed E-state index contributed by atoms with van der Waals surface area (Å²) in [6.07, 6.45) is 0.557. The number of hydrogen-bond donors (Lipinski definition) is 1. The molecule has 2 aliphatic heterocycles. The smallest absolute Gasteiger partial charge is 0.237 e. The summed E-state index contributed by atoms with van der Waals surface area (Å²) in [6.45, 7) is 3.32. The topological polar surface area (TPSA) is 74.5 Å². The molecule has 1 aromatic heterocycles. The zero-order valence-electron chi connectivity index (χ0n) is 14.1. The van der Waals surface area contributed by atoms with E-state index in [4.69, 9.17) is 4.52 Å². The largest absolute Gasteiger partial charge is 0.339 e. The molecule has 3 heterocycles. The number of anilines is 1. The fourth-order valence-corrected chi connectivity index (χ4v) is 4.14. The van der Waals surface area contributed by atoms with Gasteiger partial charge in [-0.1, -0.05) is 17.3 Å². The minimum absolute atomic E-state index is 0.125. The molecular formula is C17H21N5O2S. The van der Waals surface area contributed by atoms with Crippen molar-refractivity contribution in [2.75, 3.05) is 43.9 Å². The Morgan fingerprint density at radius 1 is 1.40 bits per heavy atom. The number of amides is 1. The summed E-state index contributed by atoms with van der Waals surface area (Å²) in [7, 11) is 2.07. The molecule has 2 aliphatic rings. The fraction of sp³-hybridized carbons (Fsp3) is 0.471. The van der Waals surface area contributed by atoms with E-state index in [0.29, 0.717) is 30.4 Å². The minimum atomic E-state index is 0.125. The molecule has 4 rings (SSSR count). The highest BCUT2D eigenvalue weighted by Gasteiger charge is 2.27. The lowest BCUT2D eigenvalue weighted by Crippen LogP contribution is -2.44. The van der Waals surface area contributed by atoms with Crippen LogP contribution >= 0.6 is 11.8 Å². The van der Waals surface area contributed by atoms with Crippen LogP contribution in [0.4, 0.5) is 5.69 Å². The number of rotatable bonds is 4. The summed E-state index contributed by atoms with van der Waals surface area (Å²) in [6, 6.07) is 8.14. The predicted octanol–water partition coefficient (Wildman–Crippen LogP) is 1.33. The lowest BCUT2D eigenvalue weighted by molar-refractivity contribution is -0.116. The highest BCUT2D eigenvalue weighted by atomic mass is 32.2. The molecule has 1 saturated heterocycles. The Balaban J connectivity index is 1.44. The molecule has 1 N–H and O–H groups in total. The van der Waals surface area contributed by atoms with Gasteiger partial charge in [0.2, 0.25) is 11.8 Å². The summed E-state index contributed by atoms with van der Waals surface area (Å²) in [4.78, 5) is 22.0. The van der Waals surface area contributed by atoms with Gasteiger partial charge in [0.1, 0.15) is 0 Å². The van der Waals surface area contributed by atoms with Gasteiger partial charge in [0.25, 0.3) is 0 Å². The van der Waals surface area contributed by atoms with Crippen LogP contribution in [0.3, 0.4) is 0 Å². The molecule has 1 amide bonds. The molecule has 1 atom stereocenters. The standard InChI is InChI=1S/C17H21N5O2S/c1-21-9-7-18-10-13(21)17-19-15(24-20-17)6-8-22-12-4-2-3-5-14(12)25-11-16(22)23/h2-5,13,18H,6-11H2,1H3. The molecule has 0 aliphatic carbocycles. The van der Waals surface area contributed by atoms with Gasteiger partial charge in [-0.2, -0.15) is 4.98 Å². The minimum Gasteiger partial charge on any atom is -0.339 e. The summed E-state index contributed by atoms with van der Waals surface area (Å²) in [5.74, 6) is 1.90. The first-order valence-corrected chi connectivity index (χ1v) is 9.46. The Hall–Kier alpha value is -1.90. The molecule has 1 unspecified atom stereocenters. The van der Waals surface area contributed by atoms with E-state index < -0.39 is 0 Å². The molecular weight excluding hydrogens is 338 g/mol. The number of aromatic nitrogens is 2. The van der Waals surface area contributed by atoms with Crippen LogP contribution in [-0.2, 0) is 11.2 Å². The van der Waals surface area contributed by atoms with E-state index in [0.717, 1.165) is 30.2 Å². The first-order valence-electron chi connectivity index (χ1n) is 8.48. The van der Waals surface area contributed by atoms with Gasteiger partial charge in [-0.15, -0.1) is 11.8 Å². The van der Waals surface area contributed by atoms with Crippen molar-refractivity contribution in [2.24, 2.45) is 0 Å². The third-order valence-electron chi connectivity index (χ3n) is 4.65. The number of carbonyl (C=O) groups excluding carboxylic acids is 1. The van der Waals surface area contributed by atoms with Gasteiger partial charge >= 0.3 is 0 Å². The third-order valence-corrected chi connectivity index (χ3v) is 5.70. The number of thioether (sulfide) groups is 1. The van der Waals surface area contributed by atoms with Gasteiger partial charge in [-0.3, -0.25) is 9.69 Å². The maximum atomic E-state index is 12.3. The Kier molecular flexibility index (Phi) is 4.74. The van der Waals surface area contributed by atoms with Crippen molar-refractivity contribution in [3.8, 4) is 0 Å². The van der Waals surface area contributed by atoms with Gasteiger partial charge in [-0.25, -0.2) is 0 Å². The number of piperazine rings is 1. The number of carbonyl (C=O) groups is 1. The highest BCUT2D eigenvalue weighted by molar-refractivity contribution is 8.00. The van der Waals surface area contributed by atoms with Crippen LogP contribution in [0.15, 0.2) is 33.7 Å². The maximum absolute atomic E-state index is 12.3. The van der Waals surface area contributed by atoms with Crippen molar-refractivity contribution < 1.29 is 9.32 Å². The molecule has 7 nitrogen and oxygen atoms in total. The van der Waals surface area contributed by atoms with E-state index in [2.05, 4.69) is 33.5 Å². The molecule has 1 fully saturated rings. The van der Waals surface area contributed by atoms with Crippen LogP contribution in [0.2, 0.25) is 0 Å². The monoisotopic (exact) mass is 359 g/mol. The van der Waals surface area contributed by atoms with E-state index >= 15 is 0 Å². The number of likely N-dealkylation sites (N-methyl/N-ethyl adjacent to an activating group) is 1. The predicted molar refractivity (Wildman–Crippen MR) is 95.8 cm³/mol. The number of nitrogens with one attached hydrogen (secondary N) is 1. The normalized spacial score (nSPS) is 21.4. The summed E-state index contributed by atoms with van der Waals surface area (Å²) in [5, 5.41) is 7.50. The molecule has 132 valence electrons. The zero-order chi connectivity index (χ0) is 17.2. The number of hydrogen-bond acceptors (Lipinski definition) is 7. The van der Waals surface area contributed by atoms with Crippen LogP contribution < -0.4 is 10.2 Å². The Labute approximate surface area is 150 Å². The Morgan fingerprint density at radius 3 is 3.16 bits per heavy atom. The van der Waals surface area contributed by atoms with Crippen molar-refractivity contribution in [2.45, 2.75) is 17.4 Å². The van der Waals surface area contributed by atoms with Crippen molar-refractivity contribution in [1.29, 1.82) is 0 Å². The molecule has 0 spiro atoms. The molecule has 0 radical (unpaired) electrons. The van der Waals surface area contributed by atoms with E-state index in [1.807, 2.05) is 23.1 Å². The molecule has 8 heteroatoms. The number of benzene rings is 1. The number of nitrogens with zero attached hydrogens (tertiary/aromatic N) is 4. The van der Waals surface area contributed by atoms with Gasteiger partial charge in [0, 0.05) is 37.5 Å². The summed E-state index contributed by atoms with van der Waals surface area (Å²) in [5.41, 5.74) is 0.972. The summed E-state index contributed by atoms with van der Waals surface area (Å²) < 4.78 is 5.42. The van der Waals surface area contributed by atoms with E-state index in [1.165, 1.54) is 0 Å². The molecule has 2 aromatic rings. The van der Waals surface area contributed by atoms with Crippen molar-refractivity contribution in [1.82, 2.24) is 20.4 Å². The van der Waals surface area contributed by atoms with Crippen molar-refractivity contribution in [3.63, 3.8) is 0 Å². The molecule has 0 bridgehead atoms. The van der Waals surface area contributed by atoms with Crippen LogP contribution in [0.1, 0.15) is 17.8 Å². The lowest BCUT2D eigenvalue weighted by atomic mass is 10.2. The molecule has 1 aromatic carbocycles. The third kappa shape index (κ3) is 3.42. The highest BCUT2D eigenvalue weighted by Crippen LogP contribution is 2.34. The second kappa shape index (κ2) is 7.15. The second-order valence-corrected chi connectivity index (χ2v) is 7.32. The van der Waals surface area contributed by atoms with Gasteiger partial charge in [-0.05, 0) is 19.2 Å². The molecule has 25 heavy (non-hydrogen) atoms. The average Bonchev–Trinajstić information content (AvgIpc) is 3.10. The Bertz CT molecular complexity index is 765. The van der Waals surface area contributed by atoms with Crippen LogP contribution in [-0.4, -0.2) is 59.9 Å². The average molecular weight is 359 g/mol. The van der Waals surface area contributed by atoms with E-state index in [-0.39, 0.29) is 11.9 Å². The van der Waals surface area contributed by atoms with Gasteiger partial charge in [0.05, 0.1) is 17.5 Å². The van der Waals surface area contributed by atoms with Crippen LogP contribution in [0.5, 0.6) is 0 Å². The van der Waals surface area contributed by atoms with Crippen LogP contribution in [0, 0.1) is 0 Å². The van der Waals surface area contributed by atoms with E-state index in [9.17, 15) is 4.79 Å². The number of para-hydroxylation sites is 1. The van der Waals surface area contributed by atoms with Crippen molar-refractivity contribution in [3.05, 3.63) is 36.0 Å². The Morgan fingerprint density at radius 2 is 2.28 bits per heavy atom. The van der Waals surface area contributed by atoms with Gasteiger partial charge in [0.15, 0.2) is 5.82 Å². The van der Waals surface area contributed by atoms with Crippen LogP contribution in [0.25, 0.3) is 0 Å². The van der Waals surface area contributed by atoms with E-state index in [1.54, 1.807) is 11.8 Å². The maximum Gasteiger partial charge on any atom is 0.237 e. The van der Waals surface area contributed by atoms with Crippen molar-refractivity contribution >= 4 is 23.4 Å². The summed E-state index contributed by atoms with van der Waals surface area (Å²) >= 11 is 1.59. The fourth-order valence-electron chi connectivity index (χ4n) is 3.21. The zero-order valence-corrected chi connectivity index (χ0v) is 15.0. The molecule has 0 saturated carbocycles.